The lowest BCUT2D eigenvalue weighted by Crippen LogP contribution is -2.39. The smallest absolute Gasteiger partial charge is 0.254 e. The van der Waals surface area contributed by atoms with Gasteiger partial charge in [0.2, 0.25) is 0 Å². The number of aryl methyl sites for hydroxylation is 1. The molecule has 0 spiro atoms. The first-order chi connectivity index (χ1) is 13.2. The van der Waals surface area contributed by atoms with E-state index in [9.17, 15) is 4.79 Å². The lowest BCUT2D eigenvalue weighted by atomic mass is 9.97. The van der Waals surface area contributed by atoms with Crippen LogP contribution in [0.15, 0.2) is 41.1 Å². The van der Waals surface area contributed by atoms with Gasteiger partial charge in [0.1, 0.15) is 12.4 Å². The van der Waals surface area contributed by atoms with Crippen LogP contribution >= 0.6 is 22.7 Å². The Hall–Kier alpha value is -2.18. The molecule has 0 saturated heterocycles. The van der Waals surface area contributed by atoms with Gasteiger partial charge in [0.25, 0.3) is 5.91 Å². The maximum atomic E-state index is 13.2. The summed E-state index contributed by atoms with van der Waals surface area (Å²) in [5, 5.41) is 5.17. The predicted octanol–water partition coefficient (Wildman–Crippen LogP) is 5.24. The Labute approximate surface area is 167 Å². The summed E-state index contributed by atoms with van der Waals surface area (Å²) < 4.78 is 5.86. The van der Waals surface area contributed by atoms with Crippen molar-refractivity contribution in [2.45, 2.75) is 39.3 Å². The number of benzene rings is 1. The lowest BCUT2D eigenvalue weighted by molar-refractivity contribution is 0.0657. The van der Waals surface area contributed by atoms with Crippen LogP contribution in [0.25, 0.3) is 0 Å². The van der Waals surface area contributed by atoms with Crippen LogP contribution in [0.2, 0.25) is 0 Å². The second-order valence-electron chi connectivity index (χ2n) is 6.65. The molecule has 1 aromatic carbocycles. The molecule has 0 aliphatic carbocycles. The third-order valence-electron chi connectivity index (χ3n) is 4.88. The predicted molar refractivity (Wildman–Crippen MR) is 110 cm³/mol. The number of hydrogen-bond donors (Lipinski definition) is 0. The van der Waals surface area contributed by atoms with Crippen LogP contribution in [0, 0.1) is 6.92 Å². The molecule has 4 rings (SSSR count). The Balaban J connectivity index is 1.50. The number of carbonyl (C=O) groups excluding carboxylic acids is 1. The summed E-state index contributed by atoms with van der Waals surface area (Å²) in [6.45, 7) is 5.32. The molecule has 2 aromatic heterocycles. The van der Waals surface area contributed by atoms with Gasteiger partial charge in [-0.2, -0.15) is 0 Å². The normalized spacial score (nSPS) is 16.2. The van der Waals surface area contributed by atoms with Crippen LogP contribution in [0.1, 0.15) is 50.9 Å². The number of hydrogen-bond acceptors (Lipinski definition) is 5. The maximum absolute atomic E-state index is 13.2. The highest BCUT2D eigenvalue weighted by Gasteiger charge is 2.30. The molecule has 3 aromatic rings. The fourth-order valence-corrected chi connectivity index (χ4v) is 5.12. The SMILES string of the molecule is CCC1c2ccsc2CCN1C(=O)c1cccc(OCc2csc(C)n2)c1. The van der Waals surface area contributed by atoms with E-state index in [4.69, 9.17) is 4.74 Å². The summed E-state index contributed by atoms with van der Waals surface area (Å²) in [4.78, 5) is 21.0. The molecule has 0 radical (unpaired) electrons. The van der Waals surface area contributed by atoms with Gasteiger partial charge in [0, 0.05) is 22.4 Å². The van der Waals surface area contributed by atoms with E-state index in [1.807, 2.05) is 41.5 Å². The van der Waals surface area contributed by atoms with E-state index in [0.29, 0.717) is 17.9 Å². The van der Waals surface area contributed by atoms with Crippen molar-refractivity contribution in [1.29, 1.82) is 0 Å². The summed E-state index contributed by atoms with van der Waals surface area (Å²) in [5.41, 5.74) is 2.91. The second-order valence-corrected chi connectivity index (χ2v) is 8.71. The van der Waals surface area contributed by atoms with E-state index in [1.165, 1.54) is 10.4 Å². The van der Waals surface area contributed by atoms with Gasteiger partial charge in [-0.1, -0.05) is 13.0 Å². The maximum Gasteiger partial charge on any atom is 0.254 e. The first-order valence-electron chi connectivity index (χ1n) is 9.17. The standard InChI is InChI=1S/C21H22N2O2S2/c1-3-19-18-8-10-26-20(18)7-9-23(19)21(24)15-5-4-6-17(11-15)25-12-16-13-27-14(2)22-16/h4-6,8,10-11,13,19H,3,7,9,12H2,1-2H3. The zero-order valence-electron chi connectivity index (χ0n) is 15.5. The first-order valence-corrected chi connectivity index (χ1v) is 10.9. The molecule has 140 valence electrons. The number of fused-ring (bicyclic) bond motifs is 1. The highest BCUT2D eigenvalue weighted by molar-refractivity contribution is 7.10. The van der Waals surface area contributed by atoms with Crippen molar-refractivity contribution in [3.8, 4) is 5.75 Å². The van der Waals surface area contributed by atoms with Crippen LogP contribution in [-0.4, -0.2) is 22.3 Å². The molecule has 0 saturated carbocycles. The number of thiophene rings is 1. The minimum Gasteiger partial charge on any atom is -0.487 e. The fourth-order valence-electron chi connectivity index (χ4n) is 3.60. The molecule has 1 aliphatic rings. The van der Waals surface area contributed by atoms with Crippen molar-refractivity contribution >= 4 is 28.6 Å². The molecule has 3 heterocycles. The monoisotopic (exact) mass is 398 g/mol. The number of ether oxygens (including phenoxy) is 1. The van der Waals surface area contributed by atoms with E-state index in [-0.39, 0.29) is 11.9 Å². The number of nitrogens with zero attached hydrogens (tertiary/aromatic N) is 2. The van der Waals surface area contributed by atoms with Gasteiger partial charge < -0.3 is 9.64 Å². The Morgan fingerprint density at radius 2 is 2.22 bits per heavy atom. The summed E-state index contributed by atoms with van der Waals surface area (Å²) in [6, 6.07) is 9.82. The highest BCUT2D eigenvalue weighted by Crippen LogP contribution is 2.36. The molecule has 1 amide bonds. The molecule has 4 nitrogen and oxygen atoms in total. The van der Waals surface area contributed by atoms with Crippen LogP contribution in [0.5, 0.6) is 5.75 Å². The largest absolute Gasteiger partial charge is 0.487 e. The van der Waals surface area contributed by atoms with E-state index in [2.05, 4.69) is 23.4 Å². The Morgan fingerprint density at radius 3 is 3.00 bits per heavy atom. The van der Waals surface area contributed by atoms with E-state index < -0.39 is 0 Å². The van der Waals surface area contributed by atoms with Crippen molar-refractivity contribution in [2.24, 2.45) is 0 Å². The number of aromatic nitrogens is 1. The zero-order chi connectivity index (χ0) is 18.8. The van der Waals surface area contributed by atoms with Crippen LogP contribution in [0.4, 0.5) is 0 Å². The van der Waals surface area contributed by atoms with Gasteiger partial charge in [-0.25, -0.2) is 4.98 Å². The molecule has 0 bridgehead atoms. The van der Waals surface area contributed by atoms with E-state index in [0.717, 1.165) is 30.1 Å². The van der Waals surface area contributed by atoms with Crippen LogP contribution in [0.3, 0.4) is 0 Å². The topological polar surface area (TPSA) is 42.4 Å². The van der Waals surface area contributed by atoms with E-state index in [1.54, 1.807) is 22.7 Å². The number of amides is 1. The molecule has 1 atom stereocenters. The molecule has 6 heteroatoms. The molecule has 1 aliphatic heterocycles. The summed E-state index contributed by atoms with van der Waals surface area (Å²) >= 11 is 3.41. The van der Waals surface area contributed by atoms with Gasteiger partial charge in [0.05, 0.1) is 16.7 Å². The van der Waals surface area contributed by atoms with Crippen molar-refractivity contribution in [3.63, 3.8) is 0 Å². The number of thiazole rings is 1. The summed E-state index contributed by atoms with van der Waals surface area (Å²) in [6.07, 6.45) is 1.86. The van der Waals surface area contributed by atoms with Crippen molar-refractivity contribution in [3.05, 3.63) is 67.8 Å². The third-order valence-corrected chi connectivity index (χ3v) is 6.70. The minimum atomic E-state index is 0.0775. The van der Waals surface area contributed by atoms with Crippen molar-refractivity contribution < 1.29 is 9.53 Å². The molecule has 0 N–H and O–H groups in total. The van der Waals surface area contributed by atoms with Crippen LogP contribution < -0.4 is 4.74 Å². The fraction of sp³-hybridized carbons (Fsp3) is 0.333. The molecule has 0 fully saturated rings. The first kappa shape index (κ1) is 18.2. The van der Waals surface area contributed by atoms with Gasteiger partial charge >= 0.3 is 0 Å². The number of rotatable bonds is 5. The third kappa shape index (κ3) is 3.77. The van der Waals surface area contributed by atoms with Gasteiger partial charge in [0.15, 0.2) is 0 Å². The average Bonchev–Trinajstić information content (AvgIpc) is 3.33. The zero-order valence-corrected chi connectivity index (χ0v) is 17.1. The van der Waals surface area contributed by atoms with Gasteiger partial charge in [-0.3, -0.25) is 4.79 Å². The van der Waals surface area contributed by atoms with Gasteiger partial charge in [-0.15, -0.1) is 22.7 Å². The molecular formula is C21H22N2O2S2. The molecule has 27 heavy (non-hydrogen) atoms. The molecular weight excluding hydrogens is 376 g/mol. The summed E-state index contributed by atoms with van der Waals surface area (Å²) in [5.74, 6) is 0.779. The van der Waals surface area contributed by atoms with E-state index >= 15 is 0 Å². The van der Waals surface area contributed by atoms with Crippen molar-refractivity contribution in [1.82, 2.24) is 9.88 Å². The quantitative estimate of drug-likeness (QED) is 0.590. The lowest BCUT2D eigenvalue weighted by Gasteiger charge is -2.35. The minimum absolute atomic E-state index is 0.0775. The van der Waals surface area contributed by atoms with Crippen molar-refractivity contribution in [2.75, 3.05) is 6.54 Å². The average molecular weight is 399 g/mol. The Morgan fingerprint density at radius 1 is 1.33 bits per heavy atom. The second kappa shape index (κ2) is 7.82. The Kier molecular flexibility index (Phi) is 5.27. The number of carbonyl (C=O) groups is 1. The van der Waals surface area contributed by atoms with Crippen LogP contribution in [-0.2, 0) is 13.0 Å². The highest BCUT2D eigenvalue weighted by atomic mass is 32.1. The molecule has 1 unspecified atom stereocenters. The summed E-state index contributed by atoms with van der Waals surface area (Å²) in [7, 11) is 0. The Bertz CT molecular complexity index is 947. The van der Waals surface area contributed by atoms with Gasteiger partial charge in [-0.05, 0) is 55.0 Å².